The number of hydrogen-bond donors (Lipinski definition) is 1. The van der Waals surface area contributed by atoms with E-state index in [1.165, 1.54) is 5.56 Å². The van der Waals surface area contributed by atoms with E-state index in [4.69, 9.17) is 17.3 Å². The van der Waals surface area contributed by atoms with E-state index in [0.29, 0.717) is 24.3 Å². The van der Waals surface area contributed by atoms with Crippen molar-refractivity contribution in [2.45, 2.75) is 31.6 Å². The van der Waals surface area contributed by atoms with Crippen LogP contribution in [-0.2, 0) is 4.79 Å². The Morgan fingerprint density at radius 1 is 1.23 bits per heavy atom. The number of benzene rings is 1. The van der Waals surface area contributed by atoms with Crippen molar-refractivity contribution in [2.75, 3.05) is 19.6 Å². The zero-order valence-electron chi connectivity index (χ0n) is 12.7. The molecule has 3 rings (SSSR count). The number of carbonyl (C=O) groups is 1. The summed E-state index contributed by atoms with van der Waals surface area (Å²) < 4.78 is 0. The first-order chi connectivity index (χ1) is 10.2. The van der Waals surface area contributed by atoms with E-state index in [9.17, 15) is 4.79 Å². The van der Waals surface area contributed by atoms with Gasteiger partial charge < -0.3 is 10.6 Å². The maximum atomic E-state index is 12.7. The van der Waals surface area contributed by atoms with Crippen LogP contribution in [-0.4, -0.2) is 30.4 Å². The normalized spacial score (nSPS) is 27.7. The van der Waals surface area contributed by atoms with Crippen molar-refractivity contribution in [1.29, 1.82) is 0 Å². The molecule has 3 atom stereocenters. The second-order valence-corrected chi connectivity index (χ2v) is 6.79. The van der Waals surface area contributed by atoms with Gasteiger partial charge in [-0.2, -0.15) is 0 Å². The second-order valence-electron chi connectivity index (χ2n) is 6.35. The summed E-state index contributed by atoms with van der Waals surface area (Å²) in [4.78, 5) is 14.8. The predicted octanol–water partition coefficient (Wildman–Crippen LogP) is 3.45. The molecule has 0 bridgehead atoms. The van der Waals surface area contributed by atoms with Gasteiger partial charge in [-0.3, -0.25) is 4.79 Å². The van der Waals surface area contributed by atoms with Crippen LogP contribution in [0.1, 0.15) is 37.2 Å². The molecule has 2 aliphatic rings. The van der Waals surface area contributed by atoms with Gasteiger partial charge in [0.05, 0.1) is 0 Å². The summed E-state index contributed by atoms with van der Waals surface area (Å²) in [5, 5.41) is 0.765. The average Bonchev–Trinajstić information content (AvgIpc) is 3.16. The Morgan fingerprint density at radius 2 is 1.95 bits per heavy atom. The summed E-state index contributed by atoms with van der Waals surface area (Å²) >= 11 is 5.94. The summed E-state index contributed by atoms with van der Waals surface area (Å²) in [6.07, 6.45) is 4.32. The van der Waals surface area contributed by atoms with Crippen molar-refractivity contribution in [3.8, 4) is 0 Å². The monoisotopic (exact) mass is 342 g/mol. The van der Waals surface area contributed by atoms with Crippen LogP contribution >= 0.6 is 24.0 Å². The maximum Gasteiger partial charge on any atom is 0.226 e. The van der Waals surface area contributed by atoms with Gasteiger partial charge in [-0.15, -0.1) is 12.4 Å². The summed E-state index contributed by atoms with van der Waals surface area (Å²) in [6.45, 7) is 2.36. The molecule has 1 aliphatic carbocycles. The van der Waals surface area contributed by atoms with Crippen LogP contribution in [0.3, 0.4) is 0 Å². The first-order valence-electron chi connectivity index (χ1n) is 7.93. The number of carbonyl (C=O) groups excluding carboxylic acids is 1. The van der Waals surface area contributed by atoms with Gasteiger partial charge in [0.25, 0.3) is 0 Å². The fourth-order valence-corrected chi connectivity index (χ4v) is 3.97. The van der Waals surface area contributed by atoms with Gasteiger partial charge in [0.15, 0.2) is 0 Å². The van der Waals surface area contributed by atoms with E-state index >= 15 is 0 Å². The second kappa shape index (κ2) is 7.67. The molecule has 1 saturated heterocycles. The minimum Gasteiger partial charge on any atom is -0.342 e. The summed E-state index contributed by atoms with van der Waals surface area (Å²) in [6, 6.07) is 8.03. The molecule has 3 nitrogen and oxygen atoms in total. The predicted molar refractivity (Wildman–Crippen MR) is 92.5 cm³/mol. The molecule has 1 saturated carbocycles. The van der Waals surface area contributed by atoms with E-state index < -0.39 is 0 Å². The molecule has 2 fully saturated rings. The highest BCUT2D eigenvalue weighted by atomic mass is 35.5. The largest absolute Gasteiger partial charge is 0.342 e. The van der Waals surface area contributed by atoms with Crippen molar-refractivity contribution in [2.24, 2.45) is 17.6 Å². The third-order valence-corrected chi connectivity index (χ3v) is 5.37. The first kappa shape index (κ1) is 17.6. The number of amides is 1. The quantitative estimate of drug-likeness (QED) is 0.914. The molecule has 2 N–H and O–H groups in total. The first-order valence-corrected chi connectivity index (χ1v) is 8.31. The van der Waals surface area contributed by atoms with E-state index in [0.717, 1.165) is 43.8 Å². The Morgan fingerprint density at radius 3 is 2.64 bits per heavy atom. The highest BCUT2D eigenvalue weighted by Gasteiger charge is 2.37. The lowest BCUT2D eigenvalue weighted by molar-refractivity contribution is -0.135. The molecular weight excluding hydrogens is 319 g/mol. The molecule has 1 aromatic carbocycles. The number of nitrogens with zero attached hydrogens (tertiary/aromatic N) is 1. The van der Waals surface area contributed by atoms with Crippen LogP contribution in [0.25, 0.3) is 0 Å². The molecule has 1 amide bonds. The Hall–Kier alpha value is -0.770. The molecular formula is C17H24Cl2N2O. The van der Waals surface area contributed by atoms with Crippen molar-refractivity contribution >= 4 is 29.9 Å². The minimum atomic E-state index is 0. The van der Waals surface area contributed by atoms with Crippen LogP contribution in [0, 0.1) is 11.8 Å². The van der Waals surface area contributed by atoms with Gasteiger partial charge in [-0.1, -0.05) is 30.2 Å². The number of hydrogen-bond acceptors (Lipinski definition) is 2. The minimum absolute atomic E-state index is 0. The lowest BCUT2D eigenvalue weighted by atomic mass is 9.94. The van der Waals surface area contributed by atoms with Crippen LogP contribution in [0.15, 0.2) is 24.3 Å². The molecule has 0 aromatic heterocycles. The van der Waals surface area contributed by atoms with Gasteiger partial charge in [0.1, 0.15) is 0 Å². The molecule has 1 aromatic rings. The van der Waals surface area contributed by atoms with E-state index in [1.54, 1.807) is 0 Å². The van der Waals surface area contributed by atoms with Crippen LogP contribution < -0.4 is 5.73 Å². The Kier molecular flexibility index (Phi) is 6.13. The summed E-state index contributed by atoms with van der Waals surface area (Å²) in [5.41, 5.74) is 7.10. The number of halogens is 2. The lowest BCUT2D eigenvalue weighted by Gasteiger charge is -2.24. The van der Waals surface area contributed by atoms with E-state index in [2.05, 4.69) is 17.0 Å². The third-order valence-electron chi connectivity index (χ3n) is 5.12. The Bertz CT molecular complexity index is 506. The average molecular weight is 343 g/mol. The van der Waals surface area contributed by atoms with Crippen LogP contribution in [0.5, 0.6) is 0 Å². The lowest BCUT2D eigenvalue weighted by Crippen LogP contribution is -2.37. The number of nitrogens with two attached hydrogens (primary N) is 1. The number of rotatable bonds is 3. The number of likely N-dealkylation sites (tertiary alicyclic amines) is 1. The fraction of sp³-hybridized carbons (Fsp3) is 0.588. The van der Waals surface area contributed by atoms with Crippen LogP contribution in [0.4, 0.5) is 0 Å². The van der Waals surface area contributed by atoms with Crippen molar-refractivity contribution in [3.63, 3.8) is 0 Å². The molecule has 1 heterocycles. The standard InChI is InChI=1S/C17H23ClN2O.ClH/c18-15-6-4-12(5-7-15)14-8-9-20(11-14)17(21)16-3-1-2-13(16)10-19;/h4-7,13-14,16H,1-3,8-11,19H2;1H/t13-,14?,16-;/m1./s1. The van der Waals surface area contributed by atoms with Gasteiger partial charge >= 0.3 is 0 Å². The highest BCUT2D eigenvalue weighted by Crippen LogP contribution is 2.35. The summed E-state index contributed by atoms with van der Waals surface area (Å²) in [7, 11) is 0. The SMILES string of the molecule is Cl.NC[C@H]1CCC[C@H]1C(=O)N1CCC(c2ccc(Cl)cc2)C1. The topological polar surface area (TPSA) is 46.3 Å². The smallest absolute Gasteiger partial charge is 0.226 e. The molecule has 122 valence electrons. The van der Waals surface area contributed by atoms with Crippen LogP contribution in [0.2, 0.25) is 5.02 Å². The molecule has 0 spiro atoms. The molecule has 1 aliphatic heterocycles. The van der Waals surface area contributed by atoms with E-state index in [-0.39, 0.29) is 18.3 Å². The molecule has 22 heavy (non-hydrogen) atoms. The van der Waals surface area contributed by atoms with Gasteiger partial charge in [0.2, 0.25) is 5.91 Å². The highest BCUT2D eigenvalue weighted by molar-refractivity contribution is 6.30. The fourth-order valence-electron chi connectivity index (χ4n) is 3.85. The third kappa shape index (κ3) is 3.58. The van der Waals surface area contributed by atoms with Crippen molar-refractivity contribution in [3.05, 3.63) is 34.9 Å². The zero-order valence-corrected chi connectivity index (χ0v) is 14.3. The Labute approximate surface area is 143 Å². The molecule has 1 unspecified atom stereocenters. The van der Waals surface area contributed by atoms with Gasteiger partial charge in [-0.05, 0) is 49.4 Å². The van der Waals surface area contributed by atoms with Gasteiger partial charge in [-0.25, -0.2) is 0 Å². The van der Waals surface area contributed by atoms with Gasteiger partial charge in [0, 0.05) is 29.9 Å². The Balaban J connectivity index is 0.00000176. The molecule has 0 radical (unpaired) electrons. The molecule has 5 heteroatoms. The van der Waals surface area contributed by atoms with E-state index in [1.807, 2.05) is 12.1 Å². The summed E-state index contributed by atoms with van der Waals surface area (Å²) in [5.74, 6) is 1.34. The maximum absolute atomic E-state index is 12.7. The zero-order chi connectivity index (χ0) is 14.8. The van der Waals surface area contributed by atoms with Crippen molar-refractivity contribution < 1.29 is 4.79 Å². The van der Waals surface area contributed by atoms with Crippen molar-refractivity contribution in [1.82, 2.24) is 4.90 Å².